The summed E-state index contributed by atoms with van der Waals surface area (Å²) < 4.78 is 4.76. The monoisotopic (exact) mass is 719 g/mol. The zero-order valence-corrected chi connectivity index (χ0v) is 30.7. The number of nitrogens with one attached hydrogen (secondary N) is 1. The van der Waals surface area contributed by atoms with Crippen LogP contribution >= 0.6 is 0 Å². The lowest BCUT2D eigenvalue weighted by Gasteiger charge is -2.25. The molecule has 5 heteroatoms. The Kier molecular flexibility index (Phi) is 7.62. The third-order valence-corrected chi connectivity index (χ3v) is 11.2. The van der Waals surface area contributed by atoms with Crippen LogP contribution in [-0.2, 0) is 0 Å². The van der Waals surface area contributed by atoms with Crippen LogP contribution in [0.5, 0.6) is 0 Å². The van der Waals surface area contributed by atoms with Crippen LogP contribution < -0.4 is 5.32 Å². The van der Waals surface area contributed by atoms with Gasteiger partial charge < -0.3 is 14.5 Å². The second kappa shape index (κ2) is 13.3. The molecule has 266 valence electrons. The largest absolute Gasteiger partial charge is 0.344 e. The van der Waals surface area contributed by atoms with Gasteiger partial charge in [0, 0.05) is 38.5 Å². The molecule has 56 heavy (non-hydrogen) atoms. The Morgan fingerprint density at radius 1 is 0.500 bits per heavy atom. The van der Waals surface area contributed by atoms with E-state index >= 15 is 0 Å². The summed E-state index contributed by atoms with van der Waals surface area (Å²) in [7, 11) is 0. The van der Waals surface area contributed by atoms with Crippen molar-refractivity contribution in [2.75, 3.05) is 0 Å². The van der Waals surface area contributed by atoms with Crippen molar-refractivity contribution in [3.8, 4) is 22.5 Å². The number of hydrogen-bond acceptors (Lipinski definition) is 3. The molecule has 1 aliphatic carbocycles. The van der Waals surface area contributed by atoms with Crippen LogP contribution in [0.15, 0.2) is 204 Å². The lowest BCUT2D eigenvalue weighted by Crippen LogP contribution is -2.33. The molecule has 2 aromatic heterocycles. The van der Waals surface area contributed by atoms with E-state index in [1.54, 1.807) is 0 Å². The van der Waals surface area contributed by atoms with Gasteiger partial charge >= 0.3 is 0 Å². The smallest absolute Gasteiger partial charge is 0.155 e. The van der Waals surface area contributed by atoms with Gasteiger partial charge in [0.25, 0.3) is 0 Å². The normalized spacial score (nSPS) is 15.6. The number of nitrogens with zero attached hydrogens (tertiary/aromatic N) is 4. The molecule has 1 atom stereocenters. The third kappa shape index (κ3) is 5.39. The van der Waals surface area contributed by atoms with Crippen LogP contribution in [0.2, 0.25) is 0 Å². The minimum atomic E-state index is -0.285. The van der Waals surface area contributed by atoms with Gasteiger partial charge in [-0.1, -0.05) is 127 Å². The number of rotatable bonds is 6. The van der Waals surface area contributed by atoms with Crippen molar-refractivity contribution in [3.05, 3.63) is 205 Å². The van der Waals surface area contributed by atoms with E-state index in [0.29, 0.717) is 0 Å². The van der Waals surface area contributed by atoms with E-state index in [2.05, 4.69) is 196 Å². The maximum Gasteiger partial charge on any atom is 0.155 e. The van der Waals surface area contributed by atoms with Crippen molar-refractivity contribution >= 4 is 55.3 Å². The van der Waals surface area contributed by atoms with E-state index in [4.69, 9.17) is 9.98 Å². The summed E-state index contributed by atoms with van der Waals surface area (Å²) in [6.45, 7) is 0. The van der Waals surface area contributed by atoms with E-state index in [0.717, 1.165) is 41.3 Å². The van der Waals surface area contributed by atoms with Crippen LogP contribution in [0.4, 0.5) is 0 Å². The number of aliphatic imine (C=N–C) groups is 2. The lowest BCUT2D eigenvalue weighted by atomic mass is 10.0. The quantitative estimate of drug-likeness (QED) is 0.183. The van der Waals surface area contributed by atoms with Gasteiger partial charge in [-0.2, -0.15) is 0 Å². The Morgan fingerprint density at radius 2 is 1.09 bits per heavy atom. The standard InChI is InChI=1S/C51H37N5/c1-4-15-34(16-5-1)49-52-50(35-17-6-2-7-18-35)54-51(53-49)38-19-14-22-40(31-38)56-46-26-13-11-24-42(46)44-33-37(28-30-48(44)56)36-27-29-47-43(32-36)41-23-10-12-25-45(41)55(47)39-20-8-3-9-21-39/h1-6,8-17,19-33,51H,7,18H2,(H,52,53,54). The van der Waals surface area contributed by atoms with Crippen LogP contribution in [0, 0.1) is 0 Å². The molecule has 3 heterocycles. The zero-order chi connectivity index (χ0) is 37.0. The lowest BCUT2D eigenvalue weighted by molar-refractivity contribution is 0.672. The Morgan fingerprint density at radius 3 is 1.75 bits per heavy atom. The van der Waals surface area contributed by atoms with Crippen molar-refractivity contribution in [2.24, 2.45) is 9.98 Å². The Bertz CT molecular complexity index is 3100. The topological polar surface area (TPSA) is 46.6 Å². The molecule has 2 aliphatic rings. The van der Waals surface area contributed by atoms with Gasteiger partial charge in [0.15, 0.2) is 5.84 Å². The molecule has 0 spiro atoms. The zero-order valence-electron chi connectivity index (χ0n) is 30.7. The first-order valence-electron chi connectivity index (χ1n) is 19.3. The summed E-state index contributed by atoms with van der Waals surface area (Å²) in [4.78, 5) is 10.2. The van der Waals surface area contributed by atoms with E-state index in [1.165, 1.54) is 66.0 Å². The molecule has 5 nitrogen and oxygen atoms in total. The molecule has 0 amide bonds. The van der Waals surface area contributed by atoms with Gasteiger partial charge in [0.1, 0.15) is 12.0 Å². The SMILES string of the molecule is C1=CCCC(C2=NC(c3cccc(-n4c5ccccc5c5cc(-c6ccc7c(c6)c6ccccc6n7-c6ccccc6)ccc54)c3)NC(c3ccccc3)=N2)=C1. The van der Waals surface area contributed by atoms with Crippen molar-refractivity contribution < 1.29 is 0 Å². The van der Waals surface area contributed by atoms with Crippen molar-refractivity contribution in [3.63, 3.8) is 0 Å². The highest BCUT2D eigenvalue weighted by Crippen LogP contribution is 2.38. The fourth-order valence-corrected chi connectivity index (χ4v) is 8.57. The van der Waals surface area contributed by atoms with Gasteiger partial charge in [0.2, 0.25) is 0 Å². The minimum absolute atomic E-state index is 0.285. The fraction of sp³-hybridized carbons (Fsp3) is 0.0588. The van der Waals surface area contributed by atoms with E-state index in [9.17, 15) is 0 Å². The first-order chi connectivity index (χ1) is 27.8. The Hall–Kier alpha value is -7.24. The molecule has 0 saturated carbocycles. The Labute approximate surface area is 324 Å². The summed E-state index contributed by atoms with van der Waals surface area (Å²) in [5.41, 5.74) is 12.7. The summed E-state index contributed by atoms with van der Waals surface area (Å²) in [6, 6.07) is 61.1. The number of para-hydroxylation sites is 3. The number of fused-ring (bicyclic) bond motifs is 6. The van der Waals surface area contributed by atoms with Gasteiger partial charge in [-0.15, -0.1) is 0 Å². The maximum absolute atomic E-state index is 5.21. The molecular weight excluding hydrogens is 683 g/mol. The minimum Gasteiger partial charge on any atom is -0.344 e. The average Bonchev–Trinajstić information content (AvgIpc) is 3.79. The molecular formula is C51H37N5. The number of hydrogen-bond donors (Lipinski definition) is 1. The van der Waals surface area contributed by atoms with Crippen molar-refractivity contribution in [1.82, 2.24) is 14.5 Å². The predicted molar refractivity (Wildman–Crippen MR) is 233 cm³/mol. The second-order valence-corrected chi connectivity index (χ2v) is 14.6. The van der Waals surface area contributed by atoms with Crippen molar-refractivity contribution in [1.29, 1.82) is 0 Å². The van der Waals surface area contributed by atoms with Crippen LogP contribution in [-0.4, -0.2) is 20.8 Å². The van der Waals surface area contributed by atoms with Crippen LogP contribution in [0.25, 0.3) is 66.1 Å². The molecule has 11 rings (SSSR count). The maximum atomic E-state index is 5.21. The highest BCUT2D eigenvalue weighted by atomic mass is 15.2. The molecule has 0 bridgehead atoms. The van der Waals surface area contributed by atoms with Gasteiger partial charge in [0.05, 0.1) is 22.1 Å². The highest BCUT2D eigenvalue weighted by Gasteiger charge is 2.23. The molecule has 0 fully saturated rings. The number of allylic oxidation sites excluding steroid dienone is 3. The summed E-state index contributed by atoms with van der Waals surface area (Å²) in [5.74, 6) is 1.64. The number of aromatic nitrogens is 2. The highest BCUT2D eigenvalue weighted by molar-refractivity contribution is 6.14. The van der Waals surface area contributed by atoms with E-state index in [1.807, 2.05) is 6.07 Å². The summed E-state index contributed by atoms with van der Waals surface area (Å²) >= 11 is 0. The molecule has 0 radical (unpaired) electrons. The molecule has 9 aromatic rings. The van der Waals surface area contributed by atoms with Crippen LogP contribution in [0.1, 0.15) is 30.1 Å². The van der Waals surface area contributed by atoms with Gasteiger partial charge in [-0.25, -0.2) is 9.98 Å². The first kappa shape index (κ1) is 32.2. The van der Waals surface area contributed by atoms with Gasteiger partial charge in [-0.3, -0.25) is 0 Å². The Balaban J connectivity index is 1.01. The summed E-state index contributed by atoms with van der Waals surface area (Å²) in [6.07, 6.45) is 8.12. The third-order valence-electron chi connectivity index (χ3n) is 11.2. The van der Waals surface area contributed by atoms with E-state index < -0.39 is 0 Å². The number of benzene rings is 7. The first-order valence-corrected chi connectivity index (χ1v) is 19.3. The van der Waals surface area contributed by atoms with Crippen molar-refractivity contribution in [2.45, 2.75) is 19.0 Å². The number of amidine groups is 2. The van der Waals surface area contributed by atoms with Crippen LogP contribution in [0.3, 0.4) is 0 Å². The molecule has 1 unspecified atom stereocenters. The van der Waals surface area contributed by atoms with Gasteiger partial charge in [-0.05, 0) is 95.8 Å². The predicted octanol–water partition coefficient (Wildman–Crippen LogP) is 12.3. The second-order valence-electron chi connectivity index (χ2n) is 14.6. The average molecular weight is 720 g/mol. The molecule has 7 aromatic carbocycles. The molecule has 1 aliphatic heterocycles. The summed E-state index contributed by atoms with van der Waals surface area (Å²) in [5, 5.41) is 8.62. The van der Waals surface area contributed by atoms with E-state index in [-0.39, 0.29) is 6.17 Å². The molecule has 1 N–H and O–H groups in total. The molecule has 0 saturated heterocycles. The fourth-order valence-electron chi connectivity index (χ4n) is 8.57.